The molecule has 0 aliphatic heterocycles. The Balaban J connectivity index is 3.08. The molecule has 0 saturated carbocycles. The lowest BCUT2D eigenvalue weighted by Gasteiger charge is -2.29. The molecule has 118 valence electrons. The van der Waals surface area contributed by atoms with Crippen LogP contribution in [0.5, 0.6) is 0 Å². The number of benzene rings is 1. The Morgan fingerprint density at radius 1 is 1.33 bits per heavy atom. The average Bonchev–Trinajstić information content (AvgIpc) is 2.43. The second-order valence-electron chi connectivity index (χ2n) is 5.04. The molecule has 0 saturated heterocycles. The summed E-state index contributed by atoms with van der Waals surface area (Å²) in [7, 11) is -1.62. The van der Waals surface area contributed by atoms with Gasteiger partial charge in [0.05, 0.1) is 15.8 Å². The molecular formula is C14H20ClNO3S2. The number of hydrogen-bond donors (Lipinski definition) is 0. The molecule has 1 aromatic rings. The molecule has 0 unspecified atom stereocenters. The molecule has 0 aliphatic rings. The SMILES string of the molecule is CSc1ccc(Cl)c(C(=O)N(C)[C@H](C)[C@@H](C)S(C)(=O)=O)c1. The highest BCUT2D eigenvalue weighted by atomic mass is 35.5. The van der Waals surface area contributed by atoms with Crippen LogP contribution in [-0.2, 0) is 9.84 Å². The summed E-state index contributed by atoms with van der Waals surface area (Å²) >= 11 is 7.61. The van der Waals surface area contributed by atoms with E-state index in [-0.39, 0.29) is 5.91 Å². The van der Waals surface area contributed by atoms with Crippen molar-refractivity contribution in [3.8, 4) is 0 Å². The molecule has 21 heavy (non-hydrogen) atoms. The summed E-state index contributed by atoms with van der Waals surface area (Å²) in [5, 5.41) is -0.280. The minimum atomic E-state index is -3.22. The van der Waals surface area contributed by atoms with Crippen LogP contribution in [0.4, 0.5) is 0 Å². The van der Waals surface area contributed by atoms with Crippen LogP contribution in [0.15, 0.2) is 23.1 Å². The number of carbonyl (C=O) groups excluding carboxylic acids is 1. The monoisotopic (exact) mass is 349 g/mol. The lowest BCUT2D eigenvalue weighted by atomic mass is 10.1. The normalized spacial score (nSPS) is 14.6. The van der Waals surface area contributed by atoms with Crippen LogP contribution in [0.2, 0.25) is 5.02 Å². The van der Waals surface area contributed by atoms with Crippen molar-refractivity contribution < 1.29 is 13.2 Å². The fraction of sp³-hybridized carbons (Fsp3) is 0.500. The van der Waals surface area contributed by atoms with Crippen LogP contribution in [-0.4, -0.2) is 50.1 Å². The maximum Gasteiger partial charge on any atom is 0.255 e. The van der Waals surface area contributed by atoms with E-state index in [0.717, 1.165) is 4.90 Å². The second kappa shape index (κ2) is 7.03. The van der Waals surface area contributed by atoms with Gasteiger partial charge in [-0.25, -0.2) is 8.42 Å². The van der Waals surface area contributed by atoms with Crippen LogP contribution in [0.25, 0.3) is 0 Å². The number of halogens is 1. The smallest absolute Gasteiger partial charge is 0.255 e. The average molecular weight is 350 g/mol. The van der Waals surface area contributed by atoms with Crippen molar-refractivity contribution in [2.24, 2.45) is 0 Å². The first-order valence-electron chi connectivity index (χ1n) is 6.39. The third-order valence-corrected chi connectivity index (χ3v) is 6.49. The van der Waals surface area contributed by atoms with Gasteiger partial charge >= 0.3 is 0 Å². The zero-order valence-corrected chi connectivity index (χ0v) is 15.1. The van der Waals surface area contributed by atoms with Gasteiger partial charge in [-0.05, 0) is 38.3 Å². The molecule has 0 heterocycles. The predicted molar refractivity (Wildman–Crippen MR) is 89.1 cm³/mol. The van der Waals surface area contributed by atoms with E-state index in [1.54, 1.807) is 33.0 Å². The van der Waals surface area contributed by atoms with Crippen LogP contribution in [0.3, 0.4) is 0 Å². The molecule has 0 aromatic heterocycles. The maximum atomic E-state index is 12.5. The molecule has 0 N–H and O–H groups in total. The Bertz CT molecular complexity index is 631. The van der Waals surface area contributed by atoms with Gasteiger partial charge in [-0.1, -0.05) is 11.6 Å². The molecule has 1 amide bonds. The van der Waals surface area contributed by atoms with Crippen LogP contribution in [0.1, 0.15) is 24.2 Å². The molecule has 0 spiro atoms. The van der Waals surface area contributed by atoms with Crippen molar-refractivity contribution >= 4 is 39.1 Å². The summed E-state index contributed by atoms with van der Waals surface area (Å²) in [5.74, 6) is -0.279. The fourth-order valence-electron chi connectivity index (χ4n) is 1.84. The summed E-state index contributed by atoms with van der Waals surface area (Å²) in [5.41, 5.74) is 0.388. The van der Waals surface area contributed by atoms with Crippen molar-refractivity contribution in [1.29, 1.82) is 0 Å². The minimum Gasteiger partial charge on any atom is -0.338 e. The molecule has 4 nitrogen and oxygen atoms in total. The van der Waals surface area contributed by atoms with E-state index >= 15 is 0 Å². The van der Waals surface area contributed by atoms with Crippen LogP contribution in [0, 0.1) is 0 Å². The van der Waals surface area contributed by atoms with Crippen molar-refractivity contribution in [2.75, 3.05) is 19.6 Å². The summed E-state index contributed by atoms with van der Waals surface area (Å²) < 4.78 is 23.3. The molecule has 0 fully saturated rings. The summed E-state index contributed by atoms with van der Waals surface area (Å²) in [4.78, 5) is 14.9. The van der Waals surface area contributed by atoms with Crippen molar-refractivity contribution in [2.45, 2.75) is 30.0 Å². The Morgan fingerprint density at radius 3 is 2.38 bits per heavy atom. The predicted octanol–water partition coefficient (Wildman–Crippen LogP) is 2.96. The molecule has 0 radical (unpaired) electrons. The Kier molecular flexibility index (Phi) is 6.13. The van der Waals surface area contributed by atoms with Crippen LogP contribution < -0.4 is 0 Å². The van der Waals surface area contributed by atoms with E-state index in [1.807, 2.05) is 12.3 Å². The van der Waals surface area contributed by atoms with Gasteiger partial charge in [0.1, 0.15) is 0 Å². The highest BCUT2D eigenvalue weighted by Crippen LogP contribution is 2.25. The Labute approximate surface area is 135 Å². The largest absolute Gasteiger partial charge is 0.338 e. The van der Waals surface area contributed by atoms with E-state index in [1.165, 1.54) is 22.9 Å². The first kappa shape index (κ1) is 18.3. The first-order valence-corrected chi connectivity index (χ1v) is 9.95. The van der Waals surface area contributed by atoms with E-state index in [2.05, 4.69) is 0 Å². The van der Waals surface area contributed by atoms with Gasteiger partial charge in [0.2, 0.25) is 0 Å². The summed E-state index contributed by atoms with van der Waals surface area (Å²) in [6.45, 7) is 3.32. The summed E-state index contributed by atoms with van der Waals surface area (Å²) in [6.07, 6.45) is 3.09. The highest BCUT2D eigenvalue weighted by Gasteiger charge is 2.29. The van der Waals surface area contributed by atoms with Gasteiger partial charge in [-0.2, -0.15) is 0 Å². The standard InChI is InChI=1S/C14H20ClNO3S2/c1-9(10(2)21(5,18)19)16(3)14(17)12-8-11(20-4)6-7-13(12)15/h6-10H,1-5H3/t9-,10-/m1/s1. The van der Waals surface area contributed by atoms with Crippen molar-refractivity contribution in [3.63, 3.8) is 0 Å². The third-order valence-electron chi connectivity index (χ3n) is 3.69. The third kappa shape index (κ3) is 4.37. The number of sulfone groups is 1. The first-order chi connectivity index (χ1) is 9.59. The number of thioether (sulfide) groups is 1. The van der Waals surface area contributed by atoms with E-state index in [9.17, 15) is 13.2 Å². The van der Waals surface area contributed by atoms with Crippen LogP contribution >= 0.6 is 23.4 Å². The number of amides is 1. The second-order valence-corrected chi connectivity index (χ2v) is 8.73. The lowest BCUT2D eigenvalue weighted by molar-refractivity contribution is 0.0742. The Hall–Kier alpha value is -0.720. The topological polar surface area (TPSA) is 54.5 Å². The van der Waals surface area contributed by atoms with Gasteiger partial charge < -0.3 is 4.90 Å². The quantitative estimate of drug-likeness (QED) is 0.767. The van der Waals surface area contributed by atoms with Crippen molar-refractivity contribution in [3.05, 3.63) is 28.8 Å². The van der Waals surface area contributed by atoms with Gasteiger partial charge in [-0.3, -0.25) is 4.79 Å². The molecule has 0 bridgehead atoms. The van der Waals surface area contributed by atoms with Gasteiger partial charge in [0, 0.05) is 24.2 Å². The Morgan fingerprint density at radius 2 is 1.90 bits per heavy atom. The molecule has 1 rings (SSSR count). The zero-order valence-electron chi connectivity index (χ0n) is 12.8. The zero-order chi connectivity index (χ0) is 16.4. The molecule has 0 aliphatic carbocycles. The molecular weight excluding hydrogens is 330 g/mol. The van der Waals surface area contributed by atoms with Gasteiger partial charge in [0.15, 0.2) is 9.84 Å². The molecule has 7 heteroatoms. The number of carbonyl (C=O) groups is 1. The highest BCUT2D eigenvalue weighted by molar-refractivity contribution is 7.98. The summed E-state index contributed by atoms with van der Waals surface area (Å²) in [6, 6.07) is 4.80. The van der Waals surface area contributed by atoms with Gasteiger partial charge in [-0.15, -0.1) is 11.8 Å². The number of nitrogens with zero attached hydrogens (tertiary/aromatic N) is 1. The maximum absolute atomic E-state index is 12.5. The van der Waals surface area contributed by atoms with E-state index < -0.39 is 21.1 Å². The minimum absolute atomic E-state index is 0.279. The lowest BCUT2D eigenvalue weighted by Crippen LogP contribution is -2.44. The number of hydrogen-bond acceptors (Lipinski definition) is 4. The van der Waals surface area contributed by atoms with E-state index in [0.29, 0.717) is 10.6 Å². The molecule has 1 aromatic carbocycles. The van der Waals surface area contributed by atoms with E-state index in [4.69, 9.17) is 11.6 Å². The fourth-order valence-corrected chi connectivity index (χ4v) is 3.38. The molecule has 2 atom stereocenters. The van der Waals surface area contributed by atoms with Gasteiger partial charge in [0.25, 0.3) is 5.91 Å². The number of rotatable bonds is 5. The van der Waals surface area contributed by atoms with Crippen molar-refractivity contribution in [1.82, 2.24) is 4.90 Å².